The molecule has 5 heteroatoms. The van der Waals surface area contributed by atoms with Crippen molar-refractivity contribution in [2.24, 2.45) is 0 Å². The highest BCUT2D eigenvalue weighted by Gasteiger charge is 2.12. The predicted octanol–water partition coefficient (Wildman–Crippen LogP) is 1.99. The topological polar surface area (TPSA) is 61.5 Å². The summed E-state index contributed by atoms with van der Waals surface area (Å²) in [6.45, 7) is 3.03. The van der Waals surface area contributed by atoms with Crippen LogP contribution in [0.1, 0.15) is 23.7 Å². The number of esters is 1. The molecule has 94 valence electrons. The summed E-state index contributed by atoms with van der Waals surface area (Å²) in [5, 5.41) is 0. The lowest BCUT2D eigenvalue weighted by Crippen LogP contribution is -2.12. The second-order valence-electron chi connectivity index (χ2n) is 3.49. The molecule has 0 atom stereocenters. The molecule has 0 aliphatic carbocycles. The molecular weight excluding hydrogens is 225 g/mol. The van der Waals surface area contributed by atoms with E-state index in [2.05, 4.69) is 0 Å². The van der Waals surface area contributed by atoms with Gasteiger partial charge in [0.25, 0.3) is 0 Å². The average molecular weight is 241 g/mol. The molecule has 17 heavy (non-hydrogen) atoms. The summed E-state index contributed by atoms with van der Waals surface area (Å²) >= 11 is 0. The summed E-state index contributed by atoms with van der Waals surface area (Å²) in [4.78, 5) is 11.5. The Hall–Kier alpha value is -1.62. The van der Waals surface area contributed by atoms with Crippen LogP contribution in [0.5, 0.6) is 0 Å². The Morgan fingerprint density at radius 2 is 2.12 bits per heavy atom. The molecular formula is C12H16FNO3. The standard InChI is InChI=1S/C12H16FNO3/c1-2-5-16-6-7-17-12(15)10-4-3-9(14)8-11(10)13/h3-4,8H,2,5-7,14H2,1H3. The number of anilines is 1. The van der Waals surface area contributed by atoms with Crippen molar-refractivity contribution in [1.29, 1.82) is 0 Å². The molecule has 0 saturated heterocycles. The zero-order valence-electron chi connectivity index (χ0n) is 9.74. The maximum atomic E-state index is 13.3. The van der Waals surface area contributed by atoms with E-state index in [0.717, 1.165) is 12.5 Å². The van der Waals surface area contributed by atoms with Crippen molar-refractivity contribution in [1.82, 2.24) is 0 Å². The number of hydrogen-bond acceptors (Lipinski definition) is 4. The minimum absolute atomic E-state index is 0.114. The number of rotatable bonds is 6. The third-order valence-corrected chi connectivity index (χ3v) is 2.02. The van der Waals surface area contributed by atoms with Crippen molar-refractivity contribution in [2.45, 2.75) is 13.3 Å². The van der Waals surface area contributed by atoms with Gasteiger partial charge in [0.2, 0.25) is 0 Å². The molecule has 0 bridgehead atoms. The Morgan fingerprint density at radius 1 is 1.35 bits per heavy atom. The number of halogens is 1. The van der Waals surface area contributed by atoms with Crippen LogP contribution >= 0.6 is 0 Å². The first-order valence-electron chi connectivity index (χ1n) is 5.45. The van der Waals surface area contributed by atoms with Crippen molar-refractivity contribution >= 4 is 11.7 Å². The molecule has 0 radical (unpaired) electrons. The van der Waals surface area contributed by atoms with Crippen LogP contribution in [0.15, 0.2) is 18.2 Å². The fraction of sp³-hybridized carbons (Fsp3) is 0.417. The molecule has 0 aliphatic rings. The van der Waals surface area contributed by atoms with E-state index in [9.17, 15) is 9.18 Å². The van der Waals surface area contributed by atoms with Crippen LogP contribution in [0, 0.1) is 5.82 Å². The highest BCUT2D eigenvalue weighted by Crippen LogP contribution is 2.12. The number of carbonyl (C=O) groups excluding carboxylic acids is 1. The van der Waals surface area contributed by atoms with Gasteiger partial charge >= 0.3 is 5.97 Å². The van der Waals surface area contributed by atoms with Crippen molar-refractivity contribution in [2.75, 3.05) is 25.6 Å². The van der Waals surface area contributed by atoms with Gasteiger partial charge in [-0.15, -0.1) is 0 Å². The molecule has 0 heterocycles. The smallest absolute Gasteiger partial charge is 0.341 e. The number of hydrogen-bond donors (Lipinski definition) is 1. The molecule has 0 amide bonds. The molecule has 0 fully saturated rings. The first-order chi connectivity index (χ1) is 8.15. The van der Waals surface area contributed by atoms with Crippen LogP contribution < -0.4 is 5.73 Å². The Balaban J connectivity index is 2.42. The normalized spacial score (nSPS) is 10.2. The maximum Gasteiger partial charge on any atom is 0.341 e. The van der Waals surface area contributed by atoms with Gasteiger partial charge in [0.1, 0.15) is 12.4 Å². The van der Waals surface area contributed by atoms with Crippen molar-refractivity contribution < 1.29 is 18.7 Å². The zero-order chi connectivity index (χ0) is 12.7. The van der Waals surface area contributed by atoms with Gasteiger partial charge in [-0.1, -0.05) is 6.92 Å². The molecule has 0 aliphatic heterocycles. The highest BCUT2D eigenvalue weighted by atomic mass is 19.1. The Bertz CT molecular complexity index is 382. The van der Waals surface area contributed by atoms with Gasteiger partial charge in [0.05, 0.1) is 12.2 Å². The van der Waals surface area contributed by atoms with Gasteiger partial charge in [-0.05, 0) is 24.6 Å². The van der Waals surface area contributed by atoms with Gasteiger partial charge in [-0.25, -0.2) is 9.18 Å². The van der Waals surface area contributed by atoms with Crippen molar-refractivity contribution in [3.63, 3.8) is 0 Å². The van der Waals surface area contributed by atoms with Gasteiger partial charge in [-0.2, -0.15) is 0 Å². The van der Waals surface area contributed by atoms with Crippen LogP contribution in [-0.2, 0) is 9.47 Å². The summed E-state index contributed by atoms with van der Waals surface area (Å²) in [5.74, 6) is -1.38. The molecule has 0 unspecified atom stereocenters. The molecule has 4 nitrogen and oxygen atoms in total. The summed E-state index contributed by atoms with van der Waals surface area (Å²) in [6.07, 6.45) is 0.903. The quantitative estimate of drug-likeness (QED) is 0.470. The second kappa shape index (κ2) is 6.85. The van der Waals surface area contributed by atoms with Crippen molar-refractivity contribution in [3.8, 4) is 0 Å². The maximum absolute atomic E-state index is 13.3. The van der Waals surface area contributed by atoms with Crippen LogP contribution in [0.3, 0.4) is 0 Å². The zero-order valence-corrected chi connectivity index (χ0v) is 9.74. The number of benzene rings is 1. The molecule has 0 saturated carbocycles. The summed E-state index contributed by atoms with van der Waals surface area (Å²) in [7, 11) is 0. The van der Waals surface area contributed by atoms with Gasteiger partial charge in [-0.3, -0.25) is 0 Å². The van der Waals surface area contributed by atoms with Gasteiger partial charge in [0.15, 0.2) is 0 Å². The van der Waals surface area contributed by atoms with E-state index in [0.29, 0.717) is 13.2 Å². The van der Waals surface area contributed by atoms with E-state index in [1.54, 1.807) is 0 Å². The summed E-state index contributed by atoms with van der Waals surface area (Å²) in [5.41, 5.74) is 5.52. The Kier molecular flexibility index (Phi) is 5.42. The van der Waals surface area contributed by atoms with E-state index >= 15 is 0 Å². The number of ether oxygens (including phenoxy) is 2. The lowest BCUT2D eigenvalue weighted by molar-refractivity contribution is 0.0314. The molecule has 0 aromatic heterocycles. The van der Waals surface area contributed by atoms with E-state index < -0.39 is 11.8 Å². The average Bonchev–Trinajstić information content (AvgIpc) is 2.28. The minimum atomic E-state index is -0.706. The van der Waals surface area contributed by atoms with E-state index in [4.69, 9.17) is 15.2 Å². The minimum Gasteiger partial charge on any atom is -0.460 e. The molecule has 1 aromatic carbocycles. The van der Waals surface area contributed by atoms with Crippen LogP contribution in [0.4, 0.5) is 10.1 Å². The second-order valence-corrected chi connectivity index (χ2v) is 3.49. The van der Waals surface area contributed by atoms with E-state index in [1.165, 1.54) is 12.1 Å². The monoisotopic (exact) mass is 241 g/mol. The van der Waals surface area contributed by atoms with Gasteiger partial charge in [0, 0.05) is 12.3 Å². The molecule has 2 N–H and O–H groups in total. The van der Waals surface area contributed by atoms with Crippen LogP contribution in [-0.4, -0.2) is 25.8 Å². The predicted molar refractivity (Wildman–Crippen MR) is 62.2 cm³/mol. The van der Waals surface area contributed by atoms with Crippen molar-refractivity contribution in [3.05, 3.63) is 29.6 Å². The summed E-state index contributed by atoms with van der Waals surface area (Å²) < 4.78 is 23.3. The number of carbonyl (C=O) groups is 1. The lowest BCUT2D eigenvalue weighted by Gasteiger charge is -2.06. The van der Waals surface area contributed by atoms with Crippen LogP contribution in [0.2, 0.25) is 0 Å². The fourth-order valence-corrected chi connectivity index (χ4v) is 1.21. The molecule has 0 spiro atoms. The lowest BCUT2D eigenvalue weighted by atomic mass is 10.2. The van der Waals surface area contributed by atoms with E-state index in [1.807, 2.05) is 6.92 Å². The molecule has 1 rings (SSSR count). The number of nitrogens with two attached hydrogens (primary N) is 1. The van der Waals surface area contributed by atoms with Gasteiger partial charge < -0.3 is 15.2 Å². The number of nitrogen functional groups attached to an aromatic ring is 1. The first-order valence-corrected chi connectivity index (χ1v) is 5.45. The fourth-order valence-electron chi connectivity index (χ4n) is 1.21. The SMILES string of the molecule is CCCOCCOC(=O)c1ccc(N)cc1F. The largest absolute Gasteiger partial charge is 0.460 e. The van der Waals surface area contributed by atoms with Crippen LogP contribution in [0.25, 0.3) is 0 Å². The Morgan fingerprint density at radius 3 is 2.76 bits per heavy atom. The molecule has 1 aromatic rings. The first kappa shape index (κ1) is 13.4. The van der Waals surface area contributed by atoms with E-state index in [-0.39, 0.29) is 17.9 Å². The third-order valence-electron chi connectivity index (χ3n) is 2.02. The third kappa shape index (κ3) is 4.40. The summed E-state index contributed by atoms with van der Waals surface area (Å²) in [6, 6.07) is 3.84. The Labute approximate surface area is 99.5 Å². The highest BCUT2D eigenvalue weighted by molar-refractivity contribution is 5.90.